The Bertz CT molecular complexity index is 688. The molecule has 0 amide bonds. The van der Waals surface area contributed by atoms with Crippen molar-refractivity contribution in [1.82, 2.24) is 4.90 Å². The van der Waals surface area contributed by atoms with Gasteiger partial charge in [0.15, 0.2) is 0 Å². The monoisotopic (exact) mass is 339 g/mol. The second-order valence-corrected chi connectivity index (χ2v) is 7.20. The lowest BCUT2D eigenvalue weighted by molar-refractivity contribution is 0.362. The topological polar surface area (TPSA) is 3.24 Å². The molecule has 0 aromatic heterocycles. The normalized spacial score (nSPS) is 14.8. The smallest absolute Gasteiger partial charge is 0.0406 e. The molecular formula is C22H26ClN. The van der Waals surface area contributed by atoms with Gasteiger partial charge in [-0.3, -0.25) is 4.90 Å². The minimum absolute atomic E-state index is 0.786. The molecule has 0 unspecified atom stereocenters. The molecule has 0 heterocycles. The van der Waals surface area contributed by atoms with Crippen LogP contribution in [0.25, 0.3) is 6.08 Å². The van der Waals surface area contributed by atoms with Crippen molar-refractivity contribution in [3.05, 3.63) is 75.8 Å². The maximum absolute atomic E-state index is 5.92. The fraction of sp³-hybridized carbons (Fsp3) is 0.364. The Labute approximate surface area is 151 Å². The summed E-state index contributed by atoms with van der Waals surface area (Å²) in [6.45, 7) is 1.97. The molecule has 1 aliphatic carbocycles. The summed E-state index contributed by atoms with van der Waals surface area (Å²) in [5, 5.41) is 0.786. The number of rotatable bonds is 5. The molecule has 0 aliphatic heterocycles. The van der Waals surface area contributed by atoms with Gasteiger partial charge in [-0.15, -0.1) is 0 Å². The standard InChI is InChI=1S/C22H26ClN/c1-24(16-6-7-18-12-14-21(23)15-13-18)17-20-10-5-9-19-8-3-2-4-11-22(19)20/h5-7,9-10,12-15H,2-4,8,11,16-17H2,1H3/b7-6+. The Kier molecular flexibility index (Phi) is 6.12. The van der Waals surface area contributed by atoms with Crippen LogP contribution in [-0.4, -0.2) is 18.5 Å². The van der Waals surface area contributed by atoms with Crippen LogP contribution in [0.2, 0.25) is 5.02 Å². The lowest BCUT2D eigenvalue weighted by atomic mass is 9.97. The summed E-state index contributed by atoms with van der Waals surface area (Å²) in [5.74, 6) is 0. The molecule has 2 heteroatoms. The largest absolute Gasteiger partial charge is 0.298 e. The molecule has 0 bridgehead atoms. The first-order valence-corrected chi connectivity index (χ1v) is 9.30. The highest BCUT2D eigenvalue weighted by molar-refractivity contribution is 6.30. The molecule has 2 aromatic rings. The van der Waals surface area contributed by atoms with Crippen LogP contribution >= 0.6 is 11.6 Å². The zero-order valence-corrected chi connectivity index (χ0v) is 15.2. The summed E-state index contributed by atoms with van der Waals surface area (Å²) < 4.78 is 0. The number of nitrogens with zero attached hydrogens (tertiary/aromatic N) is 1. The van der Waals surface area contributed by atoms with Crippen LogP contribution in [0.1, 0.15) is 41.5 Å². The highest BCUT2D eigenvalue weighted by Gasteiger charge is 2.12. The van der Waals surface area contributed by atoms with Gasteiger partial charge in [0, 0.05) is 18.1 Å². The third-order valence-electron chi connectivity index (χ3n) is 4.78. The van der Waals surface area contributed by atoms with Crippen LogP contribution < -0.4 is 0 Å². The number of likely N-dealkylation sites (N-methyl/N-ethyl adjacent to an activating group) is 1. The van der Waals surface area contributed by atoms with Gasteiger partial charge in [-0.1, -0.05) is 60.5 Å². The lowest BCUT2D eigenvalue weighted by Crippen LogP contribution is -2.19. The molecule has 1 aliphatic rings. The number of halogens is 1. The first-order chi connectivity index (χ1) is 11.7. The van der Waals surface area contributed by atoms with Gasteiger partial charge in [-0.25, -0.2) is 0 Å². The van der Waals surface area contributed by atoms with E-state index in [1.807, 2.05) is 12.1 Å². The van der Waals surface area contributed by atoms with E-state index in [1.165, 1.54) is 43.2 Å². The predicted octanol–water partition coefficient (Wildman–Crippen LogP) is 5.75. The number of benzene rings is 2. The van der Waals surface area contributed by atoms with Crippen molar-refractivity contribution in [2.24, 2.45) is 0 Å². The average Bonchev–Trinajstić information content (AvgIpc) is 2.83. The summed E-state index contributed by atoms with van der Waals surface area (Å²) in [7, 11) is 2.20. The van der Waals surface area contributed by atoms with Gasteiger partial charge >= 0.3 is 0 Å². The van der Waals surface area contributed by atoms with E-state index in [1.54, 1.807) is 11.1 Å². The number of hydrogen-bond acceptors (Lipinski definition) is 1. The maximum atomic E-state index is 5.92. The van der Waals surface area contributed by atoms with E-state index in [0.717, 1.165) is 18.1 Å². The summed E-state index contributed by atoms with van der Waals surface area (Å²) in [6, 6.07) is 14.8. The van der Waals surface area contributed by atoms with Gasteiger partial charge in [0.2, 0.25) is 0 Å². The van der Waals surface area contributed by atoms with Crippen LogP contribution in [0.4, 0.5) is 0 Å². The fourth-order valence-electron chi connectivity index (χ4n) is 3.48. The highest BCUT2D eigenvalue weighted by atomic mass is 35.5. The van der Waals surface area contributed by atoms with E-state index in [9.17, 15) is 0 Å². The second kappa shape index (κ2) is 8.50. The number of fused-ring (bicyclic) bond motifs is 1. The van der Waals surface area contributed by atoms with Crippen molar-refractivity contribution >= 4 is 17.7 Å². The first-order valence-electron chi connectivity index (χ1n) is 8.92. The third-order valence-corrected chi connectivity index (χ3v) is 5.03. The van der Waals surface area contributed by atoms with Crippen LogP contribution in [-0.2, 0) is 19.4 Å². The molecule has 0 fully saturated rings. The Morgan fingerprint density at radius 2 is 1.79 bits per heavy atom. The van der Waals surface area contributed by atoms with Crippen molar-refractivity contribution < 1.29 is 0 Å². The molecule has 126 valence electrons. The Hall–Kier alpha value is -1.57. The maximum Gasteiger partial charge on any atom is 0.0406 e. The average molecular weight is 340 g/mol. The summed E-state index contributed by atoms with van der Waals surface area (Å²) in [5.41, 5.74) is 5.90. The molecular weight excluding hydrogens is 314 g/mol. The summed E-state index contributed by atoms with van der Waals surface area (Å²) in [4.78, 5) is 2.38. The van der Waals surface area contributed by atoms with E-state index in [-0.39, 0.29) is 0 Å². The van der Waals surface area contributed by atoms with E-state index < -0.39 is 0 Å². The highest BCUT2D eigenvalue weighted by Crippen LogP contribution is 2.24. The van der Waals surface area contributed by atoms with Gasteiger partial charge in [0.05, 0.1) is 0 Å². The van der Waals surface area contributed by atoms with Crippen LogP contribution in [0, 0.1) is 0 Å². The van der Waals surface area contributed by atoms with E-state index in [2.05, 4.69) is 54.4 Å². The molecule has 0 saturated carbocycles. The van der Waals surface area contributed by atoms with Crippen LogP contribution in [0.5, 0.6) is 0 Å². The Morgan fingerprint density at radius 1 is 1.00 bits per heavy atom. The number of hydrogen-bond donors (Lipinski definition) is 0. The van der Waals surface area contributed by atoms with Gasteiger partial charge in [0.25, 0.3) is 0 Å². The molecule has 24 heavy (non-hydrogen) atoms. The van der Waals surface area contributed by atoms with Gasteiger partial charge < -0.3 is 0 Å². The molecule has 2 aromatic carbocycles. The van der Waals surface area contributed by atoms with Crippen LogP contribution in [0.15, 0.2) is 48.5 Å². The minimum Gasteiger partial charge on any atom is -0.298 e. The van der Waals surface area contributed by atoms with Crippen molar-refractivity contribution in [3.8, 4) is 0 Å². The second-order valence-electron chi connectivity index (χ2n) is 6.77. The van der Waals surface area contributed by atoms with Gasteiger partial charge in [0.1, 0.15) is 0 Å². The quantitative estimate of drug-likeness (QED) is 0.626. The molecule has 0 N–H and O–H groups in total. The van der Waals surface area contributed by atoms with Gasteiger partial charge in [-0.2, -0.15) is 0 Å². The van der Waals surface area contributed by atoms with E-state index >= 15 is 0 Å². The minimum atomic E-state index is 0.786. The van der Waals surface area contributed by atoms with Crippen LogP contribution in [0.3, 0.4) is 0 Å². The van der Waals surface area contributed by atoms with Gasteiger partial charge in [-0.05, 0) is 67.1 Å². The zero-order valence-electron chi connectivity index (χ0n) is 14.5. The third kappa shape index (κ3) is 4.72. The molecule has 3 rings (SSSR count). The lowest BCUT2D eigenvalue weighted by Gasteiger charge is -2.19. The predicted molar refractivity (Wildman–Crippen MR) is 105 cm³/mol. The SMILES string of the molecule is CN(C/C=C/c1ccc(Cl)cc1)Cc1cccc2c1CCCCC2. The summed E-state index contributed by atoms with van der Waals surface area (Å²) >= 11 is 5.92. The van der Waals surface area contributed by atoms with Crippen molar-refractivity contribution in [2.45, 2.75) is 38.6 Å². The molecule has 0 spiro atoms. The molecule has 0 saturated heterocycles. The molecule has 0 radical (unpaired) electrons. The van der Waals surface area contributed by atoms with Crippen molar-refractivity contribution in [3.63, 3.8) is 0 Å². The van der Waals surface area contributed by atoms with E-state index in [0.29, 0.717) is 0 Å². The summed E-state index contributed by atoms with van der Waals surface area (Å²) in [6.07, 6.45) is 10.9. The molecule has 1 nitrogen and oxygen atoms in total. The Morgan fingerprint density at radius 3 is 2.62 bits per heavy atom. The van der Waals surface area contributed by atoms with E-state index in [4.69, 9.17) is 11.6 Å². The number of aryl methyl sites for hydroxylation is 1. The fourth-order valence-corrected chi connectivity index (χ4v) is 3.61. The first kappa shape index (κ1) is 17.3. The van der Waals surface area contributed by atoms with Crippen molar-refractivity contribution in [2.75, 3.05) is 13.6 Å². The Balaban J connectivity index is 1.61. The van der Waals surface area contributed by atoms with Crippen molar-refractivity contribution in [1.29, 1.82) is 0 Å². The zero-order chi connectivity index (χ0) is 16.8. The molecule has 0 atom stereocenters.